The fourth-order valence-electron chi connectivity index (χ4n) is 0.890. The van der Waals surface area contributed by atoms with Crippen molar-refractivity contribution in [1.82, 2.24) is 19.9 Å². The minimum atomic E-state index is -0.370. The fraction of sp³-hybridized carbons (Fsp3) is 0. The first-order chi connectivity index (χ1) is 5.77. The topological polar surface area (TPSA) is 97.5 Å². The first-order valence-electron chi connectivity index (χ1n) is 3.24. The summed E-state index contributed by atoms with van der Waals surface area (Å²) in [5.41, 5.74) is 5.38. The molecular weight excluding hydrogens is 254 g/mol. The van der Waals surface area contributed by atoms with E-state index in [1.807, 2.05) is 0 Å². The van der Waals surface area contributed by atoms with E-state index in [4.69, 9.17) is 5.73 Å². The van der Waals surface area contributed by atoms with Crippen LogP contribution in [0.15, 0.2) is 17.2 Å². The van der Waals surface area contributed by atoms with Gasteiger partial charge in [0, 0.05) is 33.5 Å². The van der Waals surface area contributed by atoms with Crippen LogP contribution in [0.3, 0.4) is 0 Å². The van der Waals surface area contributed by atoms with Crippen molar-refractivity contribution >= 4 is 17.1 Å². The summed E-state index contributed by atoms with van der Waals surface area (Å²) < 4.78 is 0. The molecular formula is C6H5MoN5O. The van der Waals surface area contributed by atoms with E-state index in [-0.39, 0.29) is 43.7 Å². The third kappa shape index (κ3) is 1.72. The van der Waals surface area contributed by atoms with Crippen LogP contribution in [0, 0.1) is 0 Å². The molecule has 0 aromatic carbocycles. The number of nitrogen functional groups attached to an aromatic ring is 1. The van der Waals surface area contributed by atoms with E-state index in [9.17, 15) is 4.79 Å². The Morgan fingerprint density at radius 3 is 2.77 bits per heavy atom. The summed E-state index contributed by atoms with van der Waals surface area (Å²) in [6, 6.07) is 0. The normalized spacial score (nSPS) is 9.54. The molecule has 2 aromatic rings. The number of aromatic nitrogens is 4. The van der Waals surface area contributed by atoms with Gasteiger partial charge in [0.05, 0.1) is 0 Å². The van der Waals surface area contributed by atoms with Gasteiger partial charge in [0.2, 0.25) is 5.95 Å². The predicted octanol–water partition coefficient (Wildman–Crippen LogP) is -0.707. The van der Waals surface area contributed by atoms with Crippen LogP contribution in [-0.2, 0) is 21.1 Å². The van der Waals surface area contributed by atoms with Crippen molar-refractivity contribution in [2.75, 3.05) is 5.73 Å². The van der Waals surface area contributed by atoms with E-state index < -0.39 is 0 Å². The average molecular weight is 259 g/mol. The minimum absolute atomic E-state index is 0. The summed E-state index contributed by atoms with van der Waals surface area (Å²) in [5, 5.41) is 0. The zero-order valence-electron chi connectivity index (χ0n) is 6.39. The van der Waals surface area contributed by atoms with Crippen molar-refractivity contribution in [3.05, 3.63) is 22.7 Å². The zero-order chi connectivity index (χ0) is 8.55. The molecule has 0 bridgehead atoms. The number of hydrogen-bond acceptors (Lipinski definition) is 5. The maximum Gasteiger partial charge on any atom is 0.280 e. The van der Waals surface area contributed by atoms with Gasteiger partial charge in [-0.2, -0.15) is 4.98 Å². The summed E-state index contributed by atoms with van der Waals surface area (Å²) in [7, 11) is 0. The Labute approximate surface area is 86.9 Å². The third-order valence-electron chi connectivity index (χ3n) is 1.36. The minimum Gasteiger partial charge on any atom is -0.369 e. The van der Waals surface area contributed by atoms with Gasteiger partial charge in [0.15, 0.2) is 11.2 Å². The summed E-state index contributed by atoms with van der Waals surface area (Å²) in [6.45, 7) is 0. The first-order valence-corrected chi connectivity index (χ1v) is 3.24. The zero-order valence-corrected chi connectivity index (χ0v) is 8.40. The van der Waals surface area contributed by atoms with E-state index in [1.165, 1.54) is 12.4 Å². The number of anilines is 1. The van der Waals surface area contributed by atoms with Crippen molar-refractivity contribution < 1.29 is 21.1 Å². The Kier molecular flexibility index (Phi) is 2.72. The largest absolute Gasteiger partial charge is 0.369 e. The molecule has 3 N–H and O–H groups in total. The molecule has 2 heterocycles. The molecule has 0 amide bonds. The summed E-state index contributed by atoms with van der Waals surface area (Å²) in [5.74, 6) is 0.0491. The second-order valence-corrected chi connectivity index (χ2v) is 2.18. The van der Waals surface area contributed by atoms with Crippen molar-refractivity contribution in [1.29, 1.82) is 0 Å². The Balaban J connectivity index is 0.000000845. The maximum absolute atomic E-state index is 11.1. The molecule has 0 fully saturated rings. The Bertz CT molecular complexity index is 482. The van der Waals surface area contributed by atoms with Crippen molar-refractivity contribution in [3.8, 4) is 0 Å². The Hall–Kier alpha value is -1.29. The molecule has 0 spiro atoms. The molecule has 6 nitrogen and oxygen atoms in total. The van der Waals surface area contributed by atoms with Crippen LogP contribution in [0.2, 0.25) is 0 Å². The number of hydrogen-bond donors (Lipinski definition) is 2. The quantitative estimate of drug-likeness (QED) is 0.609. The number of rotatable bonds is 0. The molecule has 2 aromatic heterocycles. The molecule has 0 atom stereocenters. The van der Waals surface area contributed by atoms with Crippen LogP contribution in [0.5, 0.6) is 0 Å². The van der Waals surface area contributed by atoms with Crippen LogP contribution in [0.25, 0.3) is 11.2 Å². The van der Waals surface area contributed by atoms with Gasteiger partial charge in [-0.25, -0.2) is 9.97 Å². The van der Waals surface area contributed by atoms with Gasteiger partial charge in [0.1, 0.15) is 0 Å². The number of nitrogens with one attached hydrogen (secondary N) is 1. The number of fused-ring (bicyclic) bond motifs is 1. The third-order valence-corrected chi connectivity index (χ3v) is 1.36. The van der Waals surface area contributed by atoms with Gasteiger partial charge >= 0.3 is 0 Å². The van der Waals surface area contributed by atoms with Crippen LogP contribution < -0.4 is 11.3 Å². The van der Waals surface area contributed by atoms with Crippen molar-refractivity contribution in [2.24, 2.45) is 0 Å². The predicted molar refractivity (Wildman–Crippen MR) is 42.4 cm³/mol. The van der Waals surface area contributed by atoms with Gasteiger partial charge in [-0.05, 0) is 0 Å². The molecule has 0 saturated heterocycles. The summed E-state index contributed by atoms with van der Waals surface area (Å²) in [6.07, 6.45) is 2.88. The summed E-state index contributed by atoms with van der Waals surface area (Å²) in [4.78, 5) is 24.9. The van der Waals surface area contributed by atoms with E-state index >= 15 is 0 Å². The van der Waals surface area contributed by atoms with Crippen LogP contribution in [0.1, 0.15) is 0 Å². The average Bonchev–Trinajstić information content (AvgIpc) is 2.04. The van der Waals surface area contributed by atoms with Crippen LogP contribution in [-0.4, -0.2) is 19.9 Å². The Morgan fingerprint density at radius 1 is 1.31 bits per heavy atom. The second kappa shape index (κ2) is 3.62. The Morgan fingerprint density at radius 2 is 2.00 bits per heavy atom. The molecule has 2 rings (SSSR count). The molecule has 0 saturated carbocycles. The smallest absolute Gasteiger partial charge is 0.280 e. The molecule has 66 valence electrons. The van der Waals surface area contributed by atoms with Crippen LogP contribution >= 0.6 is 0 Å². The van der Waals surface area contributed by atoms with Gasteiger partial charge < -0.3 is 5.73 Å². The van der Waals surface area contributed by atoms with Crippen LogP contribution in [0.4, 0.5) is 5.95 Å². The number of aromatic amines is 1. The van der Waals surface area contributed by atoms with E-state index in [0.717, 1.165) is 0 Å². The SMILES string of the molecule is Nc1nc2nccnc2c(=O)[nH]1.[Mo]. The van der Waals surface area contributed by atoms with Crippen molar-refractivity contribution in [2.45, 2.75) is 0 Å². The van der Waals surface area contributed by atoms with E-state index in [0.29, 0.717) is 0 Å². The first kappa shape index (κ1) is 9.79. The molecule has 7 heteroatoms. The molecule has 0 aliphatic carbocycles. The van der Waals surface area contributed by atoms with E-state index in [2.05, 4.69) is 19.9 Å². The number of H-pyrrole nitrogens is 1. The second-order valence-electron chi connectivity index (χ2n) is 2.18. The monoisotopic (exact) mass is 261 g/mol. The van der Waals surface area contributed by atoms with Gasteiger partial charge in [-0.1, -0.05) is 0 Å². The van der Waals surface area contributed by atoms with Gasteiger partial charge in [-0.3, -0.25) is 9.78 Å². The molecule has 13 heavy (non-hydrogen) atoms. The van der Waals surface area contributed by atoms with Gasteiger partial charge in [-0.15, -0.1) is 0 Å². The van der Waals surface area contributed by atoms with E-state index in [1.54, 1.807) is 0 Å². The summed E-state index contributed by atoms with van der Waals surface area (Å²) >= 11 is 0. The molecule has 0 radical (unpaired) electrons. The standard InChI is InChI=1S/C6H5N5O.Mo/c7-6-10-4-3(5(12)11-6)8-1-2-9-4;/h1-2H,(H3,7,9,10,11,12);. The molecule has 0 unspecified atom stereocenters. The number of nitrogens with zero attached hydrogens (tertiary/aromatic N) is 3. The van der Waals surface area contributed by atoms with Gasteiger partial charge in [0.25, 0.3) is 5.56 Å². The van der Waals surface area contributed by atoms with Crippen molar-refractivity contribution in [3.63, 3.8) is 0 Å². The number of nitrogens with two attached hydrogens (primary N) is 1. The molecule has 0 aliphatic heterocycles. The molecule has 0 aliphatic rings. The maximum atomic E-state index is 11.1. The fourth-order valence-corrected chi connectivity index (χ4v) is 0.890.